The summed E-state index contributed by atoms with van der Waals surface area (Å²) in [5.41, 5.74) is 1.02. The maximum atomic E-state index is 5.39. The second-order valence-corrected chi connectivity index (χ2v) is 5.77. The van der Waals surface area contributed by atoms with E-state index in [4.69, 9.17) is 14.2 Å². The number of benzene rings is 1. The molecule has 7 heteroatoms. The topological polar surface area (TPSA) is 67.4 Å². The summed E-state index contributed by atoms with van der Waals surface area (Å²) in [6.45, 7) is 9.13. The van der Waals surface area contributed by atoms with Crippen LogP contribution in [0.15, 0.2) is 17.1 Å². The van der Waals surface area contributed by atoms with E-state index >= 15 is 0 Å². The first-order chi connectivity index (χ1) is 12.6. The van der Waals surface area contributed by atoms with Gasteiger partial charge in [-0.15, -0.1) is 0 Å². The van der Waals surface area contributed by atoms with Gasteiger partial charge in [0.2, 0.25) is 5.75 Å². The van der Waals surface area contributed by atoms with Crippen LogP contribution in [0, 0.1) is 0 Å². The summed E-state index contributed by atoms with van der Waals surface area (Å²) in [4.78, 5) is 6.68. The molecule has 0 saturated heterocycles. The van der Waals surface area contributed by atoms with Crippen molar-refractivity contribution in [3.8, 4) is 17.2 Å². The molecule has 0 unspecified atom stereocenters. The van der Waals surface area contributed by atoms with Crippen molar-refractivity contribution in [2.75, 3.05) is 54.6 Å². The zero-order chi connectivity index (χ0) is 19.4. The Morgan fingerprint density at radius 3 is 2.08 bits per heavy atom. The highest BCUT2D eigenvalue weighted by molar-refractivity contribution is 5.79. The number of methoxy groups -OCH3 is 3. The van der Waals surface area contributed by atoms with Crippen molar-refractivity contribution >= 4 is 5.96 Å². The molecule has 148 valence electrons. The molecule has 0 spiro atoms. The highest BCUT2D eigenvalue weighted by Crippen LogP contribution is 2.38. The van der Waals surface area contributed by atoms with Gasteiger partial charge in [-0.05, 0) is 43.8 Å². The Bertz CT molecular complexity index is 535. The highest BCUT2D eigenvalue weighted by atomic mass is 16.5. The van der Waals surface area contributed by atoms with Crippen molar-refractivity contribution in [1.29, 1.82) is 0 Å². The van der Waals surface area contributed by atoms with Gasteiger partial charge >= 0.3 is 0 Å². The Hall–Kier alpha value is -2.15. The molecule has 26 heavy (non-hydrogen) atoms. The molecule has 0 aliphatic heterocycles. The Morgan fingerprint density at radius 2 is 1.62 bits per heavy atom. The van der Waals surface area contributed by atoms with Crippen LogP contribution in [0.5, 0.6) is 17.2 Å². The first-order valence-corrected chi connectivity index (χ1v) is 9.09. The Labute approximate surface area is 157 Å². The average molecular weight is 367 g/mol. The molecule has 0 aliphatic rings. The molecular weight excluding hydrogens is 332 g/mol. The molecule has 7 nitrogen and oxygen atoms in total. The SMILES string of the molecule is CCN(CC)CCCNC(=NC)NCc1cc(OC)c(OC)c(OC)c1. The second kappa shape index (κ2) is 12.2. The Morgan fingerprint density at radius 1 is 1.00 bits per heavy atom. The van der Waals surface area contributed by atoms with Crippen LogP contribution in [0.4, 0.5) is 0 Å². The molecule has 0 aliphatic carbocycles. The molecule has 2 N–H and O–H groups in total. The van der Waals surface area contributed by atoms with Gasteiger partial charge in [0.25, 0.3) is 0 Å². The summed E-state index contributed by atoms with van der Waals surface area (Å²) in [7, 11) is 6.60. The lowest BCUT2D eigenvalue weighted by molar-refractivity contribution is 0.300. The first-order valence-electron chi connectivity index (χ1n) is 9.09. The Balaban J connectivity index is 2.58. The number of rotatable bonds is 11. The molecule has 0 radical (unpaired) electrons. The van der Waals surface area contributed by atoms with Crippen molar-refractivity contribution in [3.05, 3.63) is 17.7 Å². The predicted molar refractivity (Wildman–Crippen MR) is 107 cm³/mol. The summed E-state index contributed by atoms with van der Waals surface area (Å²) < 4.78 is 16.1. The van der Waals surface area contributed by atoms with E-state index in [0.29, 0.717) is 23.8 Å². The number of guanidine groups is 1. The number of ether oxygens (including phenoxy) is 3. The van der Waals surface area contributed by atoms with E-state index in [2.05, 4.69) is 34.4 Å². The van der Waals surface area contributed by atoms with Crippen LogP contribution >= 0.6 is 0 Å². The van der Waals surface area contributed by atoms with E-state index in [-0.39, 0.29) is 0 Å². The van der Waals surface area contributed by atoms with Crippen LogP contribution in [-0.4, -0.2) is 65.4 Å². The van der Waals surface area contributed by atoms with Crippen molar-refractivity contribution in [1.82, 2.24) is 15.5 Å². The minimum absolute atomic E-state index is 0.595. The smallest absolute Gasteiger partial charge is 0.203 e. The predicted octanol–water partition coefficient (Wildman–Crippen LogP) is 2.11. The summed E-state index contributed by atoms with van der Waals surface area (Å²) in [6.07, 6.45) is 1.08. The second-order valence-electron chi connectivity index (χ2n) is 5.77. The van der Waals surface area contributed by atoms with Crippen molar-refractivity contribution in [2.24, 2.45) is 4.99 Å². The molecule has 0 amide bonds. The third kappa shape index (κ3) is 6.63. The fourth-order valence-electron chi connectivity index (χ4n) is 2.69. The summed E-state index contributed by atoms with van der Waals surface area (Å²) in [5, 5.41) is 6.66. The van der Waals surface area contributed by atoms with Gasteiger partial charge in [-0.2, -0.15) is 0 Å². The van der Waals surface area contributed by atoms with Crippen LogP contribution in [0.1, 0.15) is 25.8 Å². The van der Waals surface area contributed by atoms with Crippen LogP contribution < -0.4 is 24.8 Å². The zero-order valence-electron chi connectivity index (χ0n) is 17.0. The van der Waals surface area contributed by atoms with Crippen LogP contribution in [0.25, 0.3) is 0 Å². The lowest BCUT2D eigenvalue weighted by Crippen LogP contribution is -2.38. The van der Waals surface area contributed by atoms with E-state index in [1.54, 1.807) is 28.4 Å². The van der Waals surface area contributed by atoms with Gasteiger partial charge in [0.15, 0.2) is 17.5 Å². The molecule has 1 aromatic rings. The average Bonchev–Trinajstić information content (AvgIpc) is 2.69. The molecule has 0 atom stereocenters. The molecule has 0 saturated carbocycles. The van der Waals surface area contributed by atoms with Gasteiger partial charge in [0.1, 0.15) is 0 Å². The number of nitrogens with one attached hydrogen (secondary N) is 2. The highest BCUT2D eigenvalue weighted by Gasteiger charge is 2.13. The maximum absolute atomic E-state index is 5.39. The minimum atomic E-state index is 0.595. The van der Waals surface area contributed by atoms with Gasteiger partial charge in [-0.1, -0.05) is 13.8 Å². The van der Waals surface area contributed by atoms with E-state index < -0.39 is 0 Å². The quantitative estimate of drug-likeness (QED) is 0.355. The van der Waals surface area contributed by atoms with Gasteiger partial charge in [0.05, 0.1) is 21.3 Å². The molecule has 1 rings (SSSR count). The van der Waals surface area contributed by atoms with Crippen LogP contribution in [-0.2, 0) is 6.54 Å². The van der Waals surface area contributed by atoms with E-state index in [1.807, 2.05) is 12.1 Å². The zero-order valence-corrected chi connectivity index (χ0v) is 17.0. The molecule has 0 fully saturated rings. The number of hydrogen-bond acceptors (Lipinski definition) is 5. The number of aliphatic imine (C=N–C) groups is 1. The van der Waals surface area contributed by atoms with E-state index in [9.17, 15) is 0 Å². The molecule has 0 bridgehead atoms. The normalized spacial score (nSPS) is 11.4. The first kappa shape index (κ1) is 21.9. The van der Waals surface area contributed by atoms with Gasteiger partial charge < -0.3 is 29.7 Å². The lowest BCUT2D eigenvalue weighted by atomic mass is 10.2. The van der Waals surface area contributed by atoms with Crippen LogP contribution in [0.3, 0.4) is 0 Å². The van der Waals surface area contributed by atoms with Gasteiger partial charge in [0, 0.05) is 20.1 Å². The molecule has 0 heterocycles. The number of hydrogen-bond donors (Lipinski definition) is 2. The third-order valence-corrected chi connectivity index (χ3v) is 4.25. The lowest BCUT2D eigenvalue weighted by Gasteiger charge is -2.18. The van der Waals surface area contributed by atoms with E-state index in [0.717, 1.165) is 44.1 Å². The fourth-order valence-corrected chi connectivity index (χ4v) is 2.69. The molecule has 1 aromatic carbocycles. The summed E-state index contributed by atoms with van der Waals surface area (Å²) in [6, 6.07) is 3.87. The van der Waals surface area contributed by atoms with Gasteiger partial charge in [-0.25, -0.2) is 0 Å². The van der Waals surface area contributed by atoms with Crippen molar-refractivity contribution < 1.29 is 14.2 Å². The van der Waals surface area contributed by atoms with Gasteiger partial charge in [-0.3, -0.25) is 4.99 Å². The summed E-state index contributed by atoms with van der Waals surface area (Å²) in [5.74, 6) is 2.66. The fraction of sp³-hybridized carbons (Fsp3) is 0.632. The van der Waals surface area contributed by atoms with Crippen molar-refractivity contribution in [3.63, 3.8) is 0 Å². The maximum Gasteiger partial charge on any atom is 0.203 e. The van der Waals surface area contributed by atoms with E-state index in [1.165, 1.54) is 0 Å². The summed E-state index contributed by atoms with van der Waals surface area (Å²) >= 11 is 0. The monoisotopic (exact) mass is 366 g/mol. The Kier molecular flexibility index (Phi) is 10.3. The number of nitrogens with zero attached hydrogens (tertiary/aromatic N) is 2. The van der Waals surface area contributed by atoms with Crippen molar-refractivity contribution in [2.45, 2.75) is 26.8 Å². The standard InChI is InChI=1S/C19H34N4O3/c1-7-23(8-2)11-9-10-21-19(20-3)22-14-15-12-16(24-4)18(26-6)17(13-15)25-5/h12-13H,7-11,14H2,1-6H3,(H2,20,21,22). The largest absolute Gasteiger partial charge is 0.493 e. The minimum Gasteiger partial charge on any atom is -0.493 e. The third-order valence-electron chi connectivity index (χ3n) is 4.25. The molecular formula is C19H34N4O3. The molecule has 0 aromatic heterocycles. The van der Waals surface area contributed by atoms with Crippen LogP contribution in [0.2, 0.25) is 0 Å².